The van der Waals surface area contributed by atoms with E-state index in [-0.39, 0.29) is 18.7 Å². The maximum atomic E-state index is 12.9. The normalized spacial score (nSPS) is 12.8. The Hall–Kier alpha value is -1.83. The van der Waals surface area contributed by atoms with Gasteiger partial charge in [-0.05, 0) is 17.7 Å². The summed E-state index contributed by atoms with van der Waals surface area (Å²) in [5, 5.41) is 4.02. The summed E-state index contributed by atoms with van der Waals surface area (Å²) in [5.74, 6) is -0.653. The number of benzene rings is 1. The van der Waals surface area contributed by atoms with Crippen molar-refractivity contribution in [3.63, 3.8) is 0 Å². The molecule has 0 saturated carbocycles. The highest BCUT2D eigenvalue weighted by Gasteiger charge is 2.41. The molecule has 0 heterocycles. The maximum Gasteiger partial charge on any atom is 0.412 e. The number of alkyl halides is 3. The Morgan fingerprint density at radius 2 is 1.90 bits per heavy atom. The quantitative estimate of drug-likeness (QED) is 0.647. The molecule has 0 aliphatic rings. The van der Waals surface area contributed by atoms with Crippen LogP contribution in [0.3, 0.4) is 0 Å². The van der Waals surface area contributed by atoms with Gasteiger partial charge in [0.1, 0.15) is 5.82 Å². The van der Waals surface area contributed by atoms with Crippen LogP contribution in [0.1, 0.15) is 11.6 Å². The first-order valence-corrected chi connectivity index (χ1v) is 5.70. The van der Waals surface area contributed by atoms with Gasteiger partial charge in [0.15, 0.2) is 6.04 Å². The summed E-state index contributed by atoms with van der Waals surface area (Å²) in [5.41, 5.74) is -0.249. The SMILES string of the molecule is COCCNC(=O)NC(c1ccc(F)cc1)C(F)(F)F. The average molecular weight is 294 g/mol. The molecule has 1 aromatic carbocycles. The van der Waals surface area contributed by atoms with Gasteiger partial charge in [-0.15, -0.1) is 0 Å². The Bertz CT molecular complexity index is 434. The molecule has 1 unspecified atom stereocenters. The molecule has 8 heteroatoms. The number of hydrogen-bond acceptors (Lipinski definition) is 2. The van der Waals surface area contributed by atoms with Crippen molar-refractivity contribution >= 4 is 6.03 Å². The number of rotatable bonds is 5. The van der Waals surface area contributed by atoms with E-state index >= 15 is 0 Å². The number of carbonyl (C=O) groups excluding carboxylic acids is 1. The lowest BCUT2D eigenvalue weighted by molar-refractivity contribution is -0.154. The van der Waals surface area contributed by atoms with Crippen molar-refractivity contribution in [2.24, 2.45) is 0 Å². The molecule has 2 N–H and O–H groups in total. The van der Waals surface area contributed by atoms with Crippen LogP contribution >= 0.6 is 0 Å². The summed E-state index contributed by atoms with van der Waals surface area (Å²) in [7, 11) is 1.40. The number of hydrogen-bond donors (Lipinski definition) is 2. The van der Waals surface area contributed by atoms with E-state index < -0.39 is 24.1 Å². The Balaban J connectivity index is 2.76. The molecular weight excluding hydrogens is 280 g/mol. The summed E-state index contributed by atoms with van der Waals surface area (Å²) in [6, 6.07) is 0.572. The summed E-state index contributed by atoms with van der Waals surface area (Å²) >= 11 is 0. The van der Waals surface area contributed by atoms with E-state index in [0.29, 0.717) is 0 Å². The lowest BCUT2D eigenvalue weighted by atomic mass is 10.1. The van der Waals surface area contributed by atoms with Crippen LogP contribution in [0.2, 0.25) is 0 Å². The Labute approximate surface area is 113 Å². The van der Waals surface area contributed by atoms with E-state index in [1.165, 1.54) is 7.11 Å². The van der Waals surface area contributed by atoms with Crippen LogP contribution in [0, 0.1) is 5.82 Å². The number of urea groups is 1. The predicted octanol–water partition coefficient (Wildman–Crippen LogP) is 2.37. The van der Waals surface area contributed by atoms with Gasteiger partial charge in [-0.25, -0.2) is 9.18 Å². The molecule has 1 rings (SSSR count). The van der Waals surface area contributed by atoms with Crippen LogP contribution in [-0.2, 0) is 4.74 Å². The largest absolute Gasteiger partial charge is 0.412 e. The third-order valence-corrected chi connectivity index (χ3v) is 2.40. The third kappa shape index (κ3) is 5.04. The highest BCUT2D eigenvalue weighted by atomic mass is 19.4. The average Bonchev–Trinajstić information content (AvgIpc) is 2.36. The number of ether oxygens (including phenoxy) is 1. The molecule has 0 aliphatic heterocycles. The molecule has 0 radical (unpaired) electrons. The highest BCUT2D eigenvalue weighted by molar-refractivity contribution is 5.74. The van der Waals surface area contributed by atoms with Crippen molar-refractivity contribution in [2.45, 2.75) is 12.2 Å². The van der Waals surface area contributed by atoms with Gasteiger partial charge < -0.3 is 15.4 Å². The van der Waals surface area contributed by atoms with Crippen LogP contribution in [0.25, 0.3) is 0 Å². The number of nitrogens with one attached hydrogen (secondary N) is 2. The molecule has 0 bridgehead atoms. The molecular formula is C12H14F4N2O2. The summed E-state index contributed by atoms with van der Waals surface area (Å²) in [6.07, 6.45) is -4.68. The minimum atomic E-state index is -4.68. The molecule has 0 saturated heterocycles. The van der Waals surface area contributed by atoms with Gasteiger partial charge in [-0.1, -0.05) is 12.1 Å². The molecule has 0 spiro atoms. The molecule has 0 aromatic heterocycles. The molecule has 112 valence electrons. The van der Waals surface area contributed by atoms with Gasteiger partial charge in [0.05, 0.1) is 6.61 Å². The summed E-state index contributed by atoms with van der Waals surface area (Å²) in [6.45, 7) is 0.261. The fourth-order valence-electron chi connectivity index (χ4n) is 1.46. The summed E-state index contributed by atoms with van der Waals surface area (Å²) in [4.78, 5) is 11.4. The first-order chi connectivity index (χ1) is 9.34. The van der Waals surface area contributed by atoms with Gasteiger partial charge in [0.25, 0.3) is 0 Å². The van der Waals surface area contributed by atoms with Gasteiger partial charge in [0.2, 0.25) is 0 Å². The van der Waals surface area contributed by atoms with Crippen LogP contribution in [0.4, 0.5) is 22.4 Å². The van der Waals surface area contributed by atoms with Crippen molar-refractivity contribution in [1.29, 1.82) is 0 Å². The molecule has 4 nitrogen and oxygen atoms in total. The van der Waals surface area contributed by atoms with E-state index in [1.54, 1.807) is 5.32 Å². The van der Waals surface area contributed by atoms with Crippen LogP contribution in [0.5, 0.6) is 0 Å². The van der Waals surface area contributed by atoms with Crippen molar-refractivity contribution in [3.05, 3.63) is 35.6 Å². The number of amides is 2. The maximum absolute atomic E-state index is 12.9. The minimum absolute atomic E-state index is 0.0797. The highest BCUT2D eigenvalue weighted by Crippen LogP contribution is 2.32. The predicted molar refractivity (Wildman–Crippen MR) is 63.6 cm³/mol. The van der Waals surface area contributed by atoms with Gasteiger partial charge in [-0.3, -0.25) is 0 Å². The number of methoxy groups -OCH3 is 1. The summed E-state index contributed by atoms with van der Waals surface area (Å²) < 4.78 is 56.1. The zero-order valence-corrected chi connectivity index (χ0v) is 10.6. The van der Waals surface area contributed by atoms with Crippen molar-refractivity contribution in [2.75, 3.05) is 20.3 Å². The van der Waals surface area contributed by atoms with Crippen molar-refractivity contribution in [1.82, 2.24) is 10.6 Å². The zero-order chi connectivity index (χ0) is 15.2. The number of carbonyl (C=O) groups is 1. The Kier molecular flexibility index (Phi) is 5.75. The van der Waals surface area contributed by atoms with Crippen LogP contribution < -0.4 is 10.6 Å². The fraction of sp³-hybridized carbons (Fsp3) is 0.417. The Morgan fingerprint density at radius 3 is 2.40 bits per heavy atom. The fourth-order valence-corrected chi connectivity index (χ4v) is 1.46. The first-order valence-electron chi connectivity index (χ1n) is 5.70. The third-order valence-electron chi connectivity index (χ3n) is 2.40. The lowest BCUT2D eigenvalue weighted by Gasteiger charge is -2.22. The second kappa shape index (κ2) is 7.09. The second-order valence-corrected chi connectivity index (χ2v) is 3.92. The smallest absolute Gasteiger partial charge is 0.383 e. The van der Waals surface area contributed by atoms with E-state index in [2.05, 4.69) is 10.1 Å². The lowest BCUT2D eigenvalue weighted by Crippen LogP contribution is -2.44. The molecule has 20 heavy (non-hydrogen) atoms. The topological polar surface area (TPSA) is 50.4 Å². The standard InChI is InChI=1S/C12H14F4N2O2/c1-20-7-6-17-11(19)18-10(12(14,15)16)8-2-4-9(13)5-3-8/h2-5,10H,6-7H2,1H3,(H2,17,18,19). The monoisotopic (exact) mass is 294 g/mol. The molecule has 0 fully saturated rings. The number of halogens is 4. The molecule has 2 amide bonds. The van der Waals surface area contributed by atoms with Gasteiger partial charge >= 0.3 is 12.2 Å². The molecule has 0 aliphatic carbocycles. The van der Waals surface area contributed by atoms with E-state index in [9.17, 15) is 22.4 Å². The Morgan fingerprint density at radius 1 is 1.30 bits per heavy atom. The van der Waals surface area contributed by atoms with Gasteiger partial charge in [-0.2, -0.15) is 13.2 Å². The zero-order valence-electron chi connectivity index (χ0n) is 10.6. The molecule has 1 aromatic rings. The van der Waals surface area contributed by atoms with E-state index in [0.717, 1.165) is 24.3 Å². The van der Waals surface area contributed by atoms with Crippen molar-refractivity contribution < 1.29 is 27.1 Å². The van der Waals surface area contributed by atoms with E-state index in [4.69, 9.17) is 0 Å². The molecule has 1 atom stereocenters. The second-order valence-electron chi connectivity index (χ2n) is 3.92. The minimum Gasteiger partial charge on any atom is -0.383 e. The van der Waals surface area contributed by atoms with Crippen LogP contribution in [0.15, 0.2) is 24.3 Å². The first kappa shape index (κ1) is 16.2. The van der Waals surface area contributed by atoms with E-state index in [1.807, 2.05) is 0 Å². The van der Waals surface area contributed by atoms with Crippen LogP contribution in [-0.4, -0.2) is 32.5 Å². The van der Waals surface area contributed by atoms with Gasteiger partial charge in [0, 0.05) is 13.7 Å². The van der Waals surface area contributed by atoms with Crippen molar-refractivity contribution in [3.8, 4) is 0 Å².